The molecular formula is C15H30N2. The third-order valence-corrected chi connectivity index (χ3v) is 4.81. The van der Waals surface area contributed by atoms with Crippen LogP contribution in [0.2, 0.25) is 0 Å². The van der Waals surface area contributed by atoms with Crippen molar-refractivity contribution in [3.63, 3.8) is 0 Å². The van der Waals surface area contributed by atoms with Gasteiger partial charge in [-0.3, -0.25) is 4.90 Å². The molecule has 2 fully saturated rings. The first kappa shape index (κ1) is 13.4. The van der Waals surface area contributed by atoms with E-state index in [2.05, 4.69) is 44.8 Å². The van der Waals surface area contributed by atoms with Crippen LogP contribution in [-0.4, -0.2) is 35.6 Å². The van der Waals surface area contributed by atoms with Gasteiger partial charge in [0.05, 0.1) is 0 Å². The Morgan fingerprint density at radius 3 is 2.47 bits per heavy atom. The maximum atomic E-state index is 3.72. The van der Waals surface area contributed by atoms with Gasteiger partial charge >= 0.3 is 0 Å². The van der Waals surface area contributed by atoms with E-state index in [1.54, 1.807) is 0 Å². The topological polar surface area (TPSA) is 15.3 Å². The van der Waals surface area contributed by atoms with E-state index in [-0.39, 0.29) is 5.54 Å². The summed E-state index contributed by atoms with van der Waals surface area (Å²) in [5.41, 5.74) is 0.285. The minimum Gasteiger partial charge on any atom is -0.309 e. The second-order valence-corrected chi connectivity index (χ2v) is 7.22. The molecule has 2 heteroatoms. The van der Waals surface area contributed by atoms with Gasteiger partial charge in [0.15, 0.2) is 0 Å². The van der Waals surface area contributed by atoms with Crippen molar-refractivity contribution in [1.29, 1.82) is 0 Å². The minimum absolute atomic E-state index is 0.285. The van der Waals surface area contributed by atoms with Gasteiger partial charge in [-0.25, -0.2) is 0 Å². The molecule has 0 aromatic rings. The fourth-order valence-electron chi connectivity index (χ4n) is 3.73. The summed E-state index contributed by atoms with van der Waals surface area (Å²) in [6.07, 6.45) is 4.28. The Balaban J connectivity index is 2.13. The molecule has 0 aromatic carbocycles. The van der Waals surface area contributed by atoms with Gasteiger partial charge in [-0.1, -0.05) is 27.2 Å². The molecule has 1 heterocycles. The Kier molecular flexibility index (Phi) is 3.84. The molecule has 0 radical (unpaired) electrons. The van der Waals surface area contributed by atoms with Crippen molar-refractivity contribution in [3.05, 3.63) is 0 Å². The van der Waals surface area contributed by atoms with Crippen molar-refractivity contribution >= 4 is 0 Å². The van der Waals surface area contributed by atoms with Gasteiger partial charge in [0.25, 0.3) is 0 Å². The molecule has 3 unspecified atom stereocenters. The third kappa shape index (κ3) is 2.85. The first-order chi connectivity index (χ1) is 7.91. The molecule has 0 aromatic heterocycles. The SMILES string of the molecule is CC(C)C1CNC(C)(C)CN1C1CCCC1C. The van der Waals surface area contributed by atoms with Crippen molar-refractivity contribution in [2.75, 3.05) is 13.1 Å². The van der Waals surface area contributed by atoms with Crippen LogP contribution in [0, 0.1) is 11.8 Å². The lowest BCUT2D eigenvalue weighted by atomic mass is 9.89. The maximum Gasteiger partial charge on any atom is 0.0253 e. The van der Waals surface area contributed by atoms with E-state index in [4.69, 9.17) is 0 Å². The van der Waals surface area contributed by atoms with Gasteiger partial charge in [0.1, 0.15) is 0 Å². The quantitative estimate of drug-likeness (QED) is 0.796. The highest BCUT2D eigenvalue weighted by molar-refractivity contribution is 4.98. The fraction of sp³-hybridized carbons (Fsp3) is 1.00. The summed E-state index contributed by atoms with van der Waals surface area (Å²) in [5, 5.41) is 3.72. The second kappa shape index (κ2) is 4.89. The highest BCUT2D eigenvalue weighted by atomic mass is 15.3. The first-order valence-corrected chi connectivity index (χ1v) is 7.41. The predicted molar refractivity (Wildman–Crippen MR) is 74.2 cm³/mol. The van der Waals surface area contributed by atoms with Crippen LogP contribution in [0.1, 0.15) is 53.9 Å². The van der Waals surface area contributed by atoms with Gasteiger partial charge in [-0.15, -0.1) is 0 Å². The molecule has 2 nitrogen and oxygen atoms in total. The lowest BCUT2D eigenvalue weighted by Gasteiger charge is -2.50. The summed E-state index contributed by atoms with van der Waals surface area (Å²) in [5.74, 6) is 1.65. The molecule has 1 aliphatic carbocycles. The van der Waals surface area contributed by atoms with Crippen molar-refractivity contribution < 1.29 is 0 Å². The molecule has 2 aliphatic rings. The van der Waals surface area contributed by atoms with Crippen LogP contribution >= 0.6 is 0 Å². The van der Waals surface area contributed by atoms with E-state index >= 15 is 0 Å². The zero-order valence-corrected chi connectivity index (χ0v) is 12.3. The van der Waals surface area contributed by atoms with Crippen LogP contribution in [-0.2, 0) is 0 Å². The van der Waals surface area contributed by atoms with Crippen LogP contribution < -0.4 is 5.32 Å². The number of piperazine rings is 1. The summed E-state index contributed by atoms with van der Waals surface area (Å²) in [7, 11) is 0. The second-order valence-electron chi connectivity index (χ2n) is 7.22. The molecule has 3 atom stereocenters. The molecule has 1 aliphatic heterocycles. The molecule has 2 rings (SSSR count). The Labute approximate surface area is 107 Å². The Bertz CT molecular complexity index is 258. The number of nitrogens with one attached hydrogen (secondary N) is 1. The van der Waals surface area contributed by atoms with E-state index in [0.29, 0.717) is 0 Å². The number of rotatable bonds is 2. The molecule has 1 N–H and O–H groups in total. The largest absolute Gasteiger partial charge is 0.309 e. The standard InChI is InChI=1S/C15H30N2/c1-11(2)14-9-16-15(4,5)10-17(14)13-8-6-7-12(13)3/h11-14,16H,6-10H2,1-5H3. The Morgan fingerprint density at radius 2 is 1.94 bits per heavy atom. The van der Waals surface area contributed by atoms with Gasteiger partial charge in [0.2, 0.25) is 0 Å². The van der Waals surface area contributed by atoms with Gasteiger partial charge in [-0.2, -0.15) is 0 Å². The number of nitrogens with zero attached hydrogens (tertiary/aromatic N) is 1. The van der Waals surface area contributed by atoms with Crippen LogP contribution in [0.4, 0.5) is 0 Å². The third-order valence-electron chi connectivity index (χ3n) is 4.81. The summed E-state index contributed by atoms with van der Waals surface area (Å²) < 4.78 is 0. The van der Waals surface area contributed by atoms with Crippen molar-refractivity contribution in [3.8, 4) is 0 Å². The average Bonchev–Trinajstić information content (AvgIpc) is 2.62. The van der Waals surface area contributed by atoms with E-state index in [9.17, 15) is 0 Å². The molecule has 0 amide bonds. The van der Waals surface area contributed by atoms with E-state index in [0.717, 1.165) is 30.5 Å². The maximum absolute atomic E-state index is 3.72. The van der Waals surface area contributed by atoms with Gasteiger partial charge in [0, 0.05) is 30.7 Å². The van der Waals surface area contributed by atoms with Crippen LogP contribution in [0.3, 0.4) is 0 Å². The number of hydrogen-bond donors (Lipinski definition) is 1. The molecular weight excluding hydrogens is 208 g/mol. The zero-order chi connectivity index (χ0) is 12.6. The molecule has 0 spiro atoms. The number of hydrogen-bond acceptors (Lipinski definition) is 2. The van der Waals surface area contributed by atoms with Gasteiger partial charge in [-0.05, 0) is 38.5 Å². The molecule has 0 bridgehead atoms. The van der Waals surface area contributed by atoms with Crippen molar-refractivity contribution in [1.82, 2.24) is 10.2 Å². The molecule has 17 heavy (non-hydrogen) atoms. The van der Waals surface area contributed by atoms with Crippen LogP contribution in [0.15, 0.2) is 0 Å². The van der Waals surface area contributed by atoms with Gasteiger partial charge < -0.3 is 5.32 Å². The monoisotopic (exact) mass is 238 g/mol. The first-order valence-electron chi connectivity index (χ1n) is 7.41. The van der Waals surface area contributed by atoms with Crippen LogP contribution in [0.25, 0.3) is 0 Å². The van der Waals surface area contributed by atoms with Crippen molar-refractivity contribution in [2.45, 2.75) is 71.5 Å². The summed E-state index contributed by atoms with van der Waals surface area (Å²) >= 11 is 0. The molecule has 100 valence electrons. The highest BCUT2D eigenvalue weighted by Crippen LogP contribution is 2.34. The highest BCUT2D eigenvalue weighted by Gasteiger charge is 2.40. The Hall–Kier alpha value is -0.0800. The normalized spacial score (nSPS) is 38.8. The fourth-order valence-corrected chi connectivity index (χ4v) is 3.73. The lowest BCUT2D eigenvalue weighted by molar-refractivity contribution is 0.0203. The van der Waals surface area contributed by atoms with E-state index in [1.165, 1.54) is 25.8 Å². The average molecular weight is 238 g/mol. The predicted octanol–water partition coefficient (Wildman–Crippen LogP) is 2.88. The summed E-state index contributed by atoms with van der Waals surface area (Å²) in [6.45, 7) is 14.3. The van der Waals surface area contributed by atoms with Crippen molar-refractivity contribution in [2.24, 2.45) is 11.8 Å². The summed E-state index contributed by atoms with van der Waals surface area (Å²) in [4.78, 5) is 2.83. The lowest BCUT2D eigenvalue weighted by Crippen LogP contribution is -2.65. The molecule has 1 saturated carbocycles. The van der Waals surface area contributed by atoms with E-state index in [1.807, 2.05) is 0 Å². The van der Waals surface area contributed by atoms with Crippen LogP contribution in [0.5, 0.6) is 0 Å². The smallest absolute Gasteiger partial charge is 0.0253 e. The van der Waals surface area contributed by atoms with E-state index < -0.39 is 0 Å². The summed E-state index contributed by atoms with van der Waals surface area (Å²) in [6, 6.07) is 1.57. The Morgan fingerprint density at radius 1 is 1.24 bits per heavy atom. The minimum atomic E-state index is 0.285. The zero-order valence-electron chi connectivity index (χ0n) is 12.3. The molecule has 1 saturated heterocycles.